The van der Waals surface area contributed by atoms with Crippen molar-refractivity contribution in [3.8, 4) is 11.8 Å². The Bertz CT molecular complexity index is 692. The molecular formula is C11H8BrN5O3. The van der Waals surface area contributed by atoms with Crippen molar-refractivity contribution in [3.63, 3.8) is 0 Å². The van der Waals surface area contributed by atoms with Crippen molar-refractivity contribution in [2.24, 2.45) is 5.73 Å². The lowest BCUT2D eigenvalue weighted by molar-refractivity contribution is -0.385. The number of nitro benzene ring substituents is 1. The van der Waals surface area contributed by atoms with Crippen molar-refractivity contribution in [1.82, 2.24) is 9.97 Å². The zero-order valence-electron chi connectivity index (χ0n) is 9.91. The first-order valence-electron chi connectivity index (χ1n) is 5.27. The molecular weight excluding hydrogens is 330 g/mol. The Labute approximate surface area is 121 Å². The topological polar surface area (TPSA) is 128 Å². The van der Waals surface area contributed by atoms with Gasteiger partial charge in [-0.1, -0.05) is 6.07 Å². The van der Waals surface area contributed by atoms with Gasteiger partial charge in [-0.15, -0.1) is 0 Å². The summed E-state index contributed by atoms with van der Waals surface area (Å²) in [7, 11) is 0. The molecule has 0 radical (unpaired) electrons. The Hall–Kier alpha value is -2.55. The highest BCUT2D eigenvalue weighted by atomic mass is 79.9. The monoisotopic (exact) mass is 337 g/mol. The Morgan fingerprint density at radius 1 is 1.45 bits per heavy atom. The molecule has 8 nitrogen and oxygen atoms in total. The van der Waals surface area contributed by atoms with Crippen LogP contribution in [0.25, 0.3) is 0 Å². The molecule has 0 aliphatic rings. The Morgan fingerprint density at radius 2 is 2.20 bits per heavy atom. The zero-order valence-corrected chi connectivity index (χ0v) is 11.5. The molecule has 102 valence electrons. The highest BCUT2D eigenvalue weighted by Gasteiger charge is 2.17. The fraction of sp³-hybridized carbons (Fsp3) is 0. The molecule has 0 unspecified atom stereocenters. The van der Waals surface area contributed by atoms with Gasteiger partial charge in [-0.3, -0.25) is 15.5 Å². The van der Waals surface area contributed by atoms with E-state index in [1.54, 1.807) is 0 Å². The van der Waals surface area contributed by atoms with Gasteiger partial charge in [-0.05, 0) is 28.1 Å². The molecule has 3 N–H and O–H groups in total. The lowest BCUT2D eigenvalue weighted by atomic mass is 10.3. The number of ether oxygens (including phenoxy) is 1. The molecule has 0 fully saturated rings. The average molecular weight is 338 g/mol. The minimum Gasteiger partial charge on any atom is -0.423 e. The summed E-state index contributed by atoms with van der Waals surface area (Å²) in [5, 5.41) is 18.1. The number of nitro groups is 1. The van der Waals surface area contributed by atoms with E-state index in [0.717, 1.165) is 0 Å². The summed E-state index contributed by atoms with van der Waals surface area (Å²) in [6, 6.07) is 5.74. The standard InChI is InChI=1S/C11H8BrN5O3/c12-9-7(17(18)19)2-1-3-8(9)20-11-15-5-4-6(16-11)10(13)14/h1-5H,(H3,13,14). The number of benzene rings is 1. The SMILES string of the molecule is N=C(N)c1ccnc(Oc2cccc([N+](=O)[O-])c2Br)n1. The molecule has 0 aliphatic carbocycles. The van der Waals surface area contributed by atoms with Crippen LogP contribution in [0.5, 0.6) is 11.8 Å². The van der Waals surface area contributed by atoms with E-state index in [2.05, 4.69) is 25.9 Å². The first kappa shape index (κ1) is 13.9. The lowest BCUT2D eigenvalue weighted by Gasteiger charge is -2.06. The number of nitrogen functional groups attached to an aromatic ring is 1. The van der Waals surface area contributed by atoms with E-state index in [1.807, 2.05) is 0 Å². The van der Waals surface area contributed by atoms with Gasteiger partial charge in [0.15, 0.2) is 5.75 Å². The number of nitrogens with one attached hydrogen (secondary N) is 1. The first-order valence-corrected chi connectivity index (χ1v) is 6.06. The molecule has 1 heterocycles. The van der Waals surface area contributed by atoms with Crippen LogP contribution in [-0.4, -0.2) is 20.7 Å². The number of amidine groups is 1. The van der Waals surface area contributed by atoms with Crippen molar-refractivity contribution in [2.45, 2.75) is 0 Å². The summed E-state index contributed by atoms with van der Waals surface area (Å²) in [5.74, 6) is -0.0322. The van der Waals surface area contributed by atoms with Gasteiger partial charge in [0.1, 0.15) is 16.0 Å². The molecule has 1 aromatic heterocycles. The molecule has 0 saturated carbocycles. The third-order valence-electron chi connectivity index (χ3n) is 2.25. The van der Waals surface area contributed by atoms with Crippen LogP contribution in [0.4, 0.5) is 5.69 Å². The quantitative estimate of drug-likeness (QED) is 0.381. The highest BCUT2D eigenvalue weighted by Crippen LogP contribution is 2.35. The number of aromatic nitrogens is 2. The summed E-state index contributed by atoms with van der Waals surface area (Å²) < 4.78 is 5.55. The normalized spacial score (nSPS) is 10.1. The van der Waals surface area contributed by atoms with Crippen LogP contribution in [0.1, 0.15) is 5.69 Å². The molecule has 2 rings (SSSR count). The van der Waals surface area contributed by atoms with Crippen LogP contribution in [0, 0.1) is 15.5 Å². The molecule has 1 aromatic carbocycles. The van der Waals surface area contributed by atoms with Gasteiger partial charge in [-0.25, -0.2) is 4.98 Å². The molecule has 0 atom stereocenters. The first-order chi connectivity index (χ1) is 9.49. The van der Waals surface area contributed by atoms with Gasteiger partial charge in [0, 0.05) is 12.3 Å². The number of nitrogens with two attached hydrogens (primary N) is 1. The number of hydrogen-bond acceptors (Lipinski definition) is 6. The summed E-state index contributed by atoms with van der Waals surface area (Å²) in [6.45, 7) is 0. The Morgan fingerprint density at radius 3 is 2.85 bits per heavy atom. The maximum atomic E-state index is 10.8. The number of rotatable bonds is 4. The second kappa shape index (κ2) is 5.61. The third-order valence-corrected chi connectivity index (χ3v) is 3.05. The van der Waals surface area contributed by atoms with Crippen molar-refractivity contribution in [2.75, 3.05) is 0 Å². The zero-order chi connectivity index (χ0) is 14.7. The number of hydrogen-bond donors (Lipinski definition) is 2. The minimum absolute atomic E-state index is 0.0566. The van der Waals surface area contributed by atoms with Crippen molar-refractivity contribution in [3.05, 3.63) is 50.7 Å². The molecule has 0 saturated heterocycles. The predicted octanol–water partition coefficient (Wildman–Crippen LogP) is 2.22. The fourth-order valence-electron chi connectivity index (χ4n) is 1.36. The highest BCUT2D eigenvalue weighted by molar-refractivity contribution is 9.10. The fourth-order valence-corrected chi connectivity index (χ4v) is 1.85. The second-order valence-electron chi connectivity index (χ2n) is 3.59. The minimum atomic E-state index is -0.538. The smallest absolute Gasteiger partial charge is 0.322 e. The van der Waals surface area contributed by atoms with Crippen LogP contribution in [-0.2, 0) is 0 Å². The molecule has 9 heteroatoms. The summed E-state index contributed by atoms with van der Waals surface area (Å²) >= 11 is 3.10. The molecule has 0 bridgehead atoms. The van der Waals surface area contributed by atoms with Gasteiger partial charge in [0.05, 0.1) is 4.92 Å². The second-order valence-corrected chi connectivity index (χ2v) is 4.38. The number of halogens is 1. The summed E-state index contributed by atoms with van der Waals surface area (Å²) in [4.78, 5) is 18.0. The maximum Gasteiger partial charge on any atom is 0.322 e. The van der Waals surface area contributed by atoms with E-state index in [0.29, 0.717) is 0 Å². The molecule has 0 amide bonds. The summed E-state index contributed by atoms with van der Waals surface area (Å²) in [6.07, 6.45) is 1.38. The van der Waals surface area contributed by atoms with Crippen LogP contribution < -0.4 is 10.5 Å². The van der Waals surface area contributed by atoms with E-state index < -0.39 is 4.92 Å². The van der Waals surface area contributed by atoms with Gasteiger partial charge in [-0.2, -0.15) is 4.98 Å². The van der Waals surface area contributed by atoms with E-state index in [1.165, 1.54) is 30.5 Å². The Kier molecular flexibility index (Phi) is 3.89. The average Bonchev–Trinajstić information content (AvgIpc) is 2.41. The largest absolute Gasteiger partial charge is 0.423 e. The van der Waals surface area contributed by atoms with Crippen LogP contribution >= 0.6 is 15.9 Å². The summed E-state index contributed by atoms with van der Waals surface area (Å²) in [5.41, 5.74) is 5.38. The van der Waals surface area contributed by atoms with E-state index in [9.17, 15) is 10.1 Å². The third kappa shape index (κ3) is 2.88. The predicted molar refractivity (Wildman–Crippen MR) is 73.9 cm³/mol. The van der Waals surface area contributed by atoms with Gasteiger partial charge in [0.2, 0.25) is 0 Å². The number of nitrogens with zero attached hydrogens (tertiary/aromatic N) is 3. The Balaban J connectivity index is 2.35. The van der Waals surface area contributed by atoms with Crippen LogP contribution in [0.3, 0.4) is 0 Å². The maximum absolute atomic E-state index is 10.8. The van der Waals surface area contributed by atoms with Crippen molar-refractivity contribution >= 4 is 27.5 Å². The lowest BCUT2D eigenvalue weighted by Crippen LogP contribution is -2.13. The van der Waals surface area contributed by atoms with Gasteiger partial charge < -0.3 is 10.5 Å². The van der Waals surface area contributed by atoms with Gasteiger partial charge in [0.25, 0.3) is 5.69 Å². The van der Waals surface area contributed by atoms with E-state index in [-0.39, 0.29) is 33.4 Å². The van der Waals surface area contributed by atoms with Gasteiger partial charge >= 0.3 is 6.01 Å². The van der Waals surface area contributed by atoms with Crippen molar-refractivity contribution in [1.29, 1.82) is 5.41 Å². The van der Waals surface area contributed by atoms with Crippen LogP contribution in [0.15, 0.2) is 34.9 Å². The van der Waals surface area contributed by atoms with Crippen molar-refractivity contribution < 1.29 is 9.66 Å². The molecule has 0 spiro atoms. The molecule has 2 aromatic rings. The van der Waals surface area contributed by atoms with E-state index >= 15 is 0 Å². The van der Waals surface area contributed by atoms with Crippen LogP contribution in [0.2, 0.25) is 0 Å². The molecule has 0 aliphatic heterocycles. The molecule has 20 heavy (non-hydrogen) atoms. The van der Waals surface area contributed by atoms with E-state index in [4.69, 9.17) is 15.9 Å².